The van der Waals surface area contributed by atoms with Crippen LogP contribution in [0.2, 0.25) is 0 Å². The quantitative estimate of drug-likeness (QED) is 0.376. The third kappa shape index (κ3) is 3.56. The number of rotatable bonds is 5. The number of allylic oxidation sites excluding steroid dienone is 14. The molecule has 4 aliphatic carbocycles. The summed E-state index contributed by atoms with van der Waals surface area (Å²) in [6, 6.07) is 4.00. The highest BCUT2D eigenvalue weighted by molar-refractivity contribution is 6.33. The second-order valence-electron chi connectivity index (χ2n) is 10.4. The van der Waals surface area contributed by atoms with Gasteiger partial charge >= 0.3 is 11.9 Å². The Morgan fingerprint density at radius 2 is 1.07 bits per heavy atom. The molecular formula is C32H28N2O6. The lowest BCUT2D eigenvalue weighted by atomic mass is 9.55. The fraction of sp³-hybridized carbons (Fsp3) is 0.312. The molecule has 0 saturated heterocycles. The zero-order valence-corrected chi connectivity index (χ0v) is 23.1. The minimum absolute atomic E-state index is 0.00912. The van der Waals surface area contributed by atoms with Crippen LogP contribution >= 0.6 is 0 Å². The molecular weight excluding hydrogens is 508 g/mol. The predicted molar refractivity (Wildman–Crippen MR) is 144 cm³/mol. The van der Waals surface area contributed by atoms with E-state index in [1.54, 1.807) is 36.5 Å². The Hall–Kier alpha value is -4.82. The number of Topliss-reactive ketones (excluding diaryl/α,β-unsaturated/α-hetero) is 2. The normalized spacial score (nSPS) is 25.4. The molecule has 2 atom stereocenters. The van der Waals surface area contributed by atoms with Crippen molar-refractivity contribution in [3.05, 3.63) is 93.2 Å². The van der Waals surface area contributed by atoms with Crippen molar-refractivity contribution >= 4 is 23.5 Å². The zero-order valence-electron chi connectivity index (χ0n) is 23.1. The van der Waals surface area contributed by atoms with Crippen LogP contribution in [0.5, 0.6) is 0 Å². The molecule has 0 bridgehead atoms. The third-order valence-corrected chi connectivity index (χ3v) is 7.80. The first-order valence-electron chi connectivity index (χ1n) is 12.8. The minimum Gasteiger partial charge on any atom is -0.465 e. The predicted octanol–water partition coefficient (Wildman–Crippen LogP) is 4.27. The first-order valence-corrected chi connectivity index (χ1v) is 12.8. The van der Waals surface area contributed by atoms with Gasteiger partial charge < -0.3 is 9.47 Å². The van der Waals surface area contributed by atoms with Crippen LogP contribution in [0.25, 0.3) is 0 Å². The number of ketones is 2. The van der Waals surface area contributed by atoms with Crippen molar-refractivity contribution in [2.45, 2.75) is 27.7 Å². The number of hydrogen-bond donors (Lipinski definition) is 0. The van der Waals surface area contributed by atoms with Gasteiger partial charge in [-0.15, -0.1) is 0 Å². The molecule has 8 heteroatoms. The SMILES string of the molecule is COC(=O)C1=C2C=C(C(C)C)C=CC=C2[C@](C#N)([C@]2(C#N)C(=O)C(C(=O)OC)=C3C=C(C(C)C)C=CC=C32)C1=O. The molecule has 0 spiro atoms. The molecule has 4 rings (SSSR count). The van der Waals surface area contributed by atoms with Crippen LogP contribution in [-0.2, 0) is 28.7 Å². The van der Waals surface area contributed by atoms with Crippen LogP contribution in [0.3, 0.4) is 0 Å². The Morgan fingerprint density at radius 3 is 1.35 bits per heavy atom. The maximum absolute atomic E-state index is 14.4. The topological polar surface area (TPSA) is 134 Å². The zero-order chi connectivity index (χ0) is 29.6. The summed E-state index contributed by atoms with van der Waals surface area (Å²) in [5.74, 6) is -4.12. The van der Waals surface area contributed by atoms with Crippen molar-refractivity contribution in [1.29, 1.82) is 10.5 Å². The number of nitriles is 2. The summed E-state index contributed by atoms with van der Waals surface area (Å²) in [7, 11) is 2.21. The smallest absolute Gasteiger partial charge is 0.342 e. The van der Waals surface area contributed by atoms with E-state index in [1.165, 1.54) is 12.2 Å². The van der Waals surface area contributed by atoms with Gasteiger partial charge in [0.25, 0.3) is 0 Å². The second kappa shape index (κ2) is 10.1. The van der Waals surface area contributed by atoms with Gasteiger partial charge in [-0.2, -0.15) is 10.5 Å². The summed E-state index contributed by atoms with van der Waals surface area (Å²) in [5, 5.41) is 21.8. The van der Waals surface area contributed by atoms with Crippen LogP contribution in [0, 0.1) is 45.3 Å². The third-order valence-electron chi connectivity index (χ3n) is 7.80. The summed E-state index contributed by atoms with van der Waals surface area (Å²) in [5.41, 5.74) is -4.16. The number of carbonyl (C=O) groups is 4. The van der Waals surface area contributed by atoms with Crippen molar-refractivity contribution in [3.8, 4) is 12.1 Å². The van der Waals surface area contributed by atoms with Crippen molar-refractivity contribution < 1.29 is 28.7 Å². The number of esters is 2. The summed E-state index contributed by atoms with van der Waals surface area (Å²) in [6.07, 6.45) is 13.0. The molecule has 0 heterocycles. The summed E-state index contributed by atoms with van der Waals surface area (Å²) in [6.45, 7) is 7.69. The Bertz CT molecular complexity index is 1490. The van der Waals surface area contributed by atoms with Gasteiger partial charge in [0.15, 0.2) is 22.4 Å². The van der Waals surface area contributed by atoms with Gasteiger partial charge in [-0.25, -0.2) is 9.59 Å². The molecule has 0 aromatic rings. The van der Waals surface area contributed by atoms with E-state index in [-0.39, 0.29) is 34.1 Å². The average molecular weight is 537 g/mol. The number of carbonyl (C=O) groups excluding carboxylic acids is 4. The molecule has 0 fully saturated rings. The van der Waals surface area contributed by atoms with E-state index in [0.717, 1.165) is 25.4 Å². The maximum atomic E-state index is 14.4. The number of nitrogens with zero attached hydrogens (tertiary/aromatic N) is 2. The minimum atomic E-state index is -2.51. The maximum Gasteiger partial charge on any atom is 0.342 e. The standard InChI is InChI=1S/C32H28N2O6/c1-17(2)19-9-7-11-23-21(13-19)25(29(37)39-5)27(35)31(23,15-33)32(16-34)24-12-8-10-20(18(3)4)14-22(24)26(28(32)36)30(38)40-6/h7-14,17-18H,1-6H3/t31-,32-/m0/s1. The molecule has 0 amide bonds. The van der Waals surface area contributed by atoms with Gasteiger partial charge in [0.2, 0.25) is 0 Å². The fourth-order valence-corrected chi connectivity index (χ4v) is 5.67. The molecule has 0 N–H and O–H groups in total. The van der Waals surface area contributed by atoms with Crippen LogP contribution < -0.4 is 0 Å². The molecule has 202 valence electrons. The number of hydrogen-bond acceptors (Lipinski definition) is 8. The monoisotopic (exact) mass is 536 g/mol. The summed E-state index contributed by atoms with van der Waals surface area (Å²) >= 11 is 0. The number of methoxy groups -OCH3 is 2. The van der Waals surface area contributed by atoms with E-state index in [4.69, 9.17) is 9.47 Å². The fourth-order valence-electron chi connectivity index (χ4n) is 5.67. The molecule has 0 radical (unpaired) electrons. The van der Waals surface area contributed by atoms with E-state index in [9.17, 15) is 29.7 Å². The Balaban J connectivity index is 2.14. The van der Waals surface area contributed by atoms with Crippen LogP contribution in [-0.4, -0.2) is 37.7 Å². The highest BCUT2D eigenvalue weighted by Crippen LogP contribution is 2.63. The number of ether oxygens (including phenoxy) is 2. The molecule has 40 heavy (non-hydrogen) atoms. The van der Waals surface area contributed by atoms with Crippen molar-refractivity contribution in [1.82, 2.24) is 0 Å². The molecule has 0 saturated carbocycles. The van der Waals surface area contributed by atoms with Crippen LogP contribution in [0.1, 0.15) is 27.7 Å². The highest BCUT2D eigenvalue weighted by atomic mass is 16.5. The molecule has 0 unspecified atom stereocenters. The summed E-state index contributed by atoms with van der Waals surface area (Å²) < 4.78 is 9.87. The van der Waals surface area contributed by atoms with Gasteiger partial charge in [-0.1, -0.05) is 76.3 Å². The molecule has 8 nitrogen and oxygen atoms in total. The summed E-state index contributed by atoms with van der Waals surface area (Å²) in [4.78, 5) is 55.0. The highest BCUT2D eigenvalue weighted by Gasteiger charge is 2.73. The second-order valence-corrected chi connectivity index (χ2v) is 10.4. The van der Waals surface area contributed by atoms with Crippen molar-refractivity contribution in [2.24, 2.45) is 22.7 Å². The van der Waals surface area contributed by atoms with E-state index in [1.807, 2.05) is 39.8 Å². The van der Waals surface area contributed by atoms with Crippen LogP contribution in [0.4, 0.5) is 0 Å². The molecule has 0 aromatic heterocycles. The Labute approximate surface area is 232 Å². The van der Waals surface area contributed by atoms with E-state index in [0.29, 0.717) is 0 Å². The molecule has 0 aliphatic heterocycles. The van der Waals surface area contributed by atoms with E-state index >= 15 is 0 Å². The van der Waals surface area contributed by atoms with Crippen molar-refractivity contribution in [2.75, 3.05) is 14.2 Å². The largest absolute Gasteiger partial charge is 0.465 e. The lowest BCUT2D eigenvalue weighted by Gasteiger charge is -2.36. The van der Waals surface area contributed by atoms with Crippen LogP contribution in [0.15, 0.2) is 93.2 Å². The van der Waals surface area contributed by atoms with E-state index in [2.05, 4.69) is 0 Å². The van der Waals surface area contributed by atoms with E-state index < -0.39 is 45.5 Å². The van der Waals surface area contributed by atoms with Gasteiger partial charge in [0.05, 0.1) is 26.4 Å². The van der Waals surface area contributed by atoms with Gasteiger partial charge in [-0.3, -0.25) is 9.59 Å². The van der Waals surface area contributed by atoms with Gasteiger partial charge in [0, 0.05) is 0 Å². The lowest BCUT2D eigenvalue weighted by Crippen LogP contribution is -2.51. The lowest BCUT2D eigenvalue weighted by molar-refractivity contribution is -0.142. The molecule has 0 aromatic carbocycles. The first-order chi connectivity index (χ1) is 19.0. The van der Waals surface area contributed by atoms with Gasteiger partial charge in [-0.05, 0) is 45.3 Å². The number of fused-ring (bicyclic) bond motifs is 2. The Morgan fingerprint density at radius 1 is 0.725 bits per heavy atom. The molecule has 4 aliphatic rings. The van der Waals surface area contributed by atoms with Crippen molar-refractivity contribution in [3.63, 3.8) is 0 Å². The average Bonchev–Trinajstić information content (AvgIpc) is 3.12. The van der Waals surface area contributed by atoms with Gasteiger partial charge in [0.1, 0.15) is 11.1 Å². The Kier molecular flexibility index (Phi) is 7.09. The first kappa shape index (κ1) is 28.2.